The van der Waals surface area contributed by atoms with E-state index in [1.165, 1.54) is 6.07 Å². The SMILES string of the molecule is Cc1cc(C(=O)Nc2ccccc2S(C)(=O)=O)ccc1N. The Morgan fingerprint density at radius 2 is 1.81 bits per heavy atom. The Kier molecular flexibility index (Phi) is 3.99. The number of carbonyl (C=O) groups is 1. The monoisotopic (exact) mass is 304 g/mol. The summed E-state index contributed by atoms with van der Waals surface area (Å²) in [6, 6.07) is 11.2. The van der Waals surface area contributed by atoms with Gasteiger partial charge in [-0.3, -0.25) is 4.79 Å². The van der Waals surface area contributed by atoms with E-state index in [0.29, 0.717) is 11.3 Å². The molecule has 21 heavy (non-hydrogen) atoms. The van der Waals surface area contributed by atoms with Crippen molar-refractivity contribution in [3.63, 3.8) is 0 Å². The summed E-state index contributed by atoms with van der Waals surface area (Å²) in [6.45, 7) is 1.80. The standard InChI is InChI=1S/C15H16N2O3S/c1-10-9-11(7-8-12(10)16)15(18)17-13-5-3-4-6-14(13)21(2,19)20/h3-9H,16H2,1-2H3,(H,17,18). The van der Waals surface area contributed by atoms with Crippen LogP contribution >= 0.6 is 0 Å². The van der Waals surface area contributed by atoms with E-state index < -0.39 is 9.84 Å². The van der Waals surface area contributed by atoms with Crippen molar-refractivity contribution < 1.29 is 13.2 Å². The summed E-state index contributed by atoms with van der Waals surface area (Å²) in [4.78, 5) is 12.3. The number of carbonyl (C=O) groups excluding carboxylic acids is 1. The lowest BCUT2D eigenvalue weighted by molar-refractivity contribution is 0.102. The number of hydrogen-bond acceptors (Lipinski definition) is 4. The van der Waals surface area contributed by atoms with Crippen LogP contribution in [0.5, 0.6) is 0 Å². The van der Waals surface area contributed by atoms with Crippen LogP contribution in [0.15, 0.2) is 47.4 Å². The molecule has 0 saturated heterocycles. The number of aryl methyl sites for hydroxylation is 1. The van der Waals surface area contributed by atoms with Gasteiger partial charge in [0.15, 0.2) is 9.84 Å². The van der Waals surface area contributed by atoms with Crippen LogP contribution < -0.4 is 11.1 Å². The molecule has 3 N–H and O–H groups in total. The second kappa shape index (κ2) is 5.57. The summed E-state index contributed by atoms with van der Waals surface area (Å²) in [5.41, 5.74) is 7.79. The number of para-hydroxylation sites is 1. The Hall–Kier alpha value is -2.34. The second-order valence-electron chi connectivity index (χ2n) is 4.79. The topological polar surface area (TPSA) is 89.3 Å². The molecule has 5 nitrogen and oxygen atoms in total. The van der Waals surface area contributed by atoms with Crippen molar-refractivity contribution in [2.24, 2.45) is 0 Å². The maximum atomic E-state index is 12.2. The van der Waals surface area contributed by atoms with Crippen molar-refractivity contribution in [3.05, 3.63) is 53.6 Å². The van der Waals surface area contributed by atoms with Crippen molar-refractivity contribution in [3.8, 4) is 0 Å². The van der Waals surface area contributed by atoms with Crippen LogP contribution in [-0.2, 0) is 9.84 Å². The third kappa shape index (κ3) is 3.41. The highest BCUT2D eigenvalue weighted by Crippen LogP contribution is 2.22. The van der Waals surface area contributed by atoms with Crippen molar-refractivity contribution in [2.75, 3.05) is 17.3 Å². The molecule has 0 unspecified atom stereocenters. The van der Waals surface area contributed by atoms with E-state index in [-0.39, 0.29) is 16.5 Å². The number of amides is 1. The Morgan fingerprint density at radius 1 is 1.14 bits per heavy atom. The van der Waals surface area contributed by atoms with E-state index in [0.717, 1.165) is 11.8 Å². The first-order chi connectivity index (χ1) is 9.79. The van der Waals surface area contributed by atoms with E-state index in [1.807, 2.05) is 0 Å². The molecular formula is C15H16N2O3S. The number of anilines is 2. The normalized spacial score (nSPS) is 11.1. The van der Waals surface area contributed by atoms with Gasteiger partial charge in [0.1, 0.15) is 0 Å². The van der Waals surface area contributed by atoms with Gasteiger partial charge >= 0.3 is 0 Å². The minimum absolute atomic E-state index is 0.0884. The Bertz CT molecular complexity index is 798. The minimum atomic E-state index is -3.41. The van der Waals surface area contributed by atoms with Gasteiger partial charge in [0, 0.05) is 17.5 Å². The molecule has 0 radical (unpaired) electrons. The van der Waals surface area contributed by atoms with Gasteiger partial charge in [0.2, 0.25) is 0 Å². The highest BCUT2D eigenvalue weighted by molar-refractivity contribution is 7.90. The molecule has 0 spiro atoms. The molecule has 0 bridgehead atoms. The first-order valence-corrected chi connectivity index (χ1v) is 8.15. The van der Waals surface area contributed by atoms with Gasteiger partial charge in [-0.05, 0) is 42.8 Å². The van der Waals surface area contributed by atoms with Crippen LogP contribution in [-0.4, -0.2) is 20.6 Å². The summed E-state index contributed by atoms with van der Waals surface area (Å²) < 4.78 is 23.4. The third-order valence-corrected chi connectivity index (χ3v) is 4.22. The molecule has 6 heteroatoms. The molecule has 0 aliphatic carbocycles. The first-order valence-electron chi connectivity index (χ1n) is 6.25. The zero-order valence-electron chi connectivity index (χ0n) is 11.8. The van der Waals surface area contributed by atoms with Crippen molar-refractivity contribution in [2.45, 2.75) is 11.8 Å². The molecule has 1 amide bonds. The average molecular weight is 304 g/mol. The fraction of sp³-hybridized carbons (Fsp3) is 0.133. The van der Waals surface area contributed by atoms with Gasteiger partial charge in [-0.15, -0.1) is 0 Å². The molecule has 0 fully saturated rings. The summed E-state index contributed by atoms with van der Waals surface area (Å²) in [7, 11) is -3.41. The van der Waals surface area contributed by atoms with Crippen molar-refractivity contribution in [1.82, 2.24) is 0 Å². The molecule has 2 rings (SSSR count). The molecule has 0 aliphatic heterocycles. The summed E-state index contributed by atoms with van der Waals surface area (Å²) in [6.07, 6.45) is 1.10. The van der Waals surface area contributed by atoms with Gasteiger partial charge in [-0.2, -0.15) is 0 Å². The van der Waals surface area contributed by atoms with Gasteiger partial charge in [0.25, 0.3) is 5.91 Å². The number of nitrogens with one attached hydrogen (secondary N) is 1. The van der Waals surface area contributed by atoms with Crippen LogP contribution in [0.25, 0.3) is 0 Å². The predicted octanol–water partition coefficient (Wildman–Crippen LogP) is 2.23. The van der Waals surface area contributed by atoms with Crippen LogP contribution in [0.4, 0.5) is 11.4 Å². The molecule has 110 valence electrons. The third-order valence-electron chi connectivity index (χ3n) is 3.07. The molecule has 0 aromatic heterocycles. The zero-order valence-corrected chi connectivity index (χ0v) is 12.6. The lowest BCUT2D eigenvalue weighted by Gasteiger charge is -2.10. The molecular weight excluding hydrogens is 288 g/mol. The zero-order chi connectivity index (χ0) is 15.6. The fourth-order valence-electron chi connectivity index (χ4n) is 1.90. The number of rotatable bonds is 3. The minimum Gasteiger partial charge on any atom is -0.399 e. The maximum Gasteiger partial charge on any atom is 0.255 e. The van der Waals surface area contributed by atoms with E-state index >= 15 is 0 Å². The predicted molar refractivity (Wildman–Crippen MR) is 83.1 cm³/mol. The second-order valence-corrected chi connectivity index (χ2v) is 6.78. The average Bonchev–Trinajstić information content (AvgIpc) is 2.41. The highest BCUT2D eigenvalue weighted by Gasteiger charge is 2.15. The van der Waals surface area contributed by atoms with Crippen LogP contribution in [0.2, 0.25) is 0 Å². The van der Waals surface area contributed by atoms with Crippen LogP contribution in [0, 0.1) is 6.92 Å². The van der Waals surface area contributed by atoms with Gasteiger partial charge < -0.3 is 11.1 Å². The van der Waals surface area contributed by atoms with Gasteiger partial charge in [0.05, 0.1) is 10.6 Å². The number of hydrogen-bond donors (Lipinski definition) is 2. The van der Waals surface area contributed by atoms with Gasteiger partial charge in [-0.1, -0.05) is 12.1 Å². The Balaban J connectivity index is 2.34. The summed E-state index contributed by atoms with van der Waals surface area (Å²) in [5, 5.41) is 2.62. The van der Waals surface area contributed by atoms with E-state index in [1.54, 1.807) is 43.3 Å². The number of nitrogen functional groups attached to an aromatic ring is 1. The molecule has 0 atom stereocenters. The van der Waals surface area contributed by atoms with E-state index in [4.69, 9.17) is 5.73 Å². The van der Waals surface area contributed by atoms with Crippen LogP contribution in [0.1, 0.15) is 15.9 Å². The number of benzene rings is 2. The molecule has 2 aromatic rings. The number of sulfone groups is 1. The lowest BCUT2D eigenvalue weighted by Crippen LogP contribution is -2.14. The van der Waals surface area contributed by atoms with Crippen molar-refractivity contribution in [1.29, 1.82) is 0 Å². The fourth-order valence-corrected chi connectivity index (χ4v) is 2.75. The molecule has 0 saturated carbocycles. The summed E-state index contributed by atoms with van der Waals surface area (Å²) >= 11 is 0. The first kappa shape index (κ1) is 15.1. The van der Waals surface area contributed by atoms with Crippen LogP contribution in [0.3, 0.4) is 0 Å². The Morgan fingerprint density at radius 3 is 2.43 bits per heavy atom. The highest BCUT2D eigenvalue weighted by atomic mass is 32.2. The molecule has 0 heterocycles. The lowest BCUT2D eigenvalue weighted by atomic mass is 10.1. The maximum absolute atomic E-state index is 12.2. The summed E-state index contributed by atoms with van der Waals surface area (Å²) in [5.74, 6) is -0.380. The largest absolute Gasteiger partial charge is 0.399 e. The molecule has 2 aromatic carbocycles. The Labute approximate surface area is 123 Å². The van der Waals surface area contributed by atoms with Crippen molar-refractivity contribution >= 4 is 27.1 Å². The smallest absolute Gasteiger partial charge is 0.255 e. The van der Waals surface area contributed by atoms with E-state index in [9.17, 15) is 13.2 Å². The van der Waals surface area contributed by atoms with Gasteiger partial charge in [-0.25, -0.2) is 8.42 Å². The molecule has 0 aliphatic rings. The quantitative estimate of drug-likeness (QED) is 0.851. The van der Waals surface area contributed by atoms with E-state index in [2.05, 4.69) is 5.32 Å². The number of nitrogens with two attached hydrogens (primary N) is 1.